The lowest BCUT2D eigenvalue weighted by Crippen LogP contribution is -2.18. The molecule has 0 aliphatic heterocycles. The zero-order valence-corrected chi connectivity index (χ0v) is 20.7. The summed E-state index contributed by atoms with van der Waals surface area (Å²) < 4.78 is 59.6. The second-order valence-corrected chi connectivity index (χ2v) is 8.67. The number of hydrogen-bond acceptors (Lipinski definition) is 5. The molecule has 198 valence electrons. The highest BCUT2D eigenvalue weighted by atomic mass is 19.4. The van der Waals surface area contributed by atoms with Crippen LogP contribution < -0.4 is 18.9 Å². The molecule has 0 bridgehead atoms. The summed E-state index contributed by atoms with van der Waals surface area (Å²) in [6.45, 7) is 5.72. The first-order valence-electron chi connectivity index (χ1n) is 11.7. The molecule has 3 aromatic rings. The number of alkyl halides is 3. The molecule has 0 spiro atoms. The van der Waals surface area contributed by atoms with Crippen molar-refractivity contribution in [3.8, 4) is 28.7 Å². The summed E-state index contributed by atoms with van der Waals surface area (Å²) in [5.41, 5.74) is 1.89. The van der Waals surface area contributed by atoms with E-state index in [0.717, 1.165) is 17.2 Å². The molecule has 9 heteroatoms. The molecule has 0 saturated heterocycles. The lowest BCUT2D eigenvalue weighted by molar-refractivity contribution is -0.274. The number of carboxylic acids is 1. The summed E-state index contributed by atoms with van der Waals surface area (Å²) >= 11 is 0. The molecule has 0 aliphatic rings. The third kappa shape index (κ3) is 8.93. The van der Waals surface area contributed by atoms with Crippen molar-refractivity contribution in [2.24, 2.45) is 5.92 Å². The van der Waals surface area contributed by atoms with Crippen LogP contribution in [0.4, 0.5) is 13.2 Å². The lowest BCUT2D eigenvalue weighted by atomic mass is 9.97. The topological polar surface area (TPSA) is 74.2 Å². The molecule has 0 radical (unpaired) electrons. The quantitative estimate of drug-likeness (QED) is 0.274. The summed E-state index contributed by atoms with van der Waals surface area (Å²) in [7, 11) is 0. The zero-order valence-electron chi connectivity index (χ0n) is 20.7. The fourth-order valence-corrected chi connectivity index (χ4v) is 3.50. The van der Waals surface area contributed by atoms with Gasteiger partial charge in [0.05, 0.1) is 18.6 Å². The van der Waals surface area contributed by atoms with Crippen molar-refractivity contribution in [3.63, 3.8) is 0 Å². The van der Waals surface area contributed by atoms with Crippen LogP contribution >= 0.6 is 0 Å². The molecule has 0 amide bonds. The minimum atomic E-state index is -4.83. The number of halogens is 3. The fourth-order valence-electron chi connectivity index (χ4n) is 3.50. The normalized spacial score (nSPS) is 12.9. The number of carbonyl (C=O) groups is 1. The number of ether oxygens (including phenoxy) is 4. The summed E-state index contributed by atoms with van der Waals surface area (Å²) in [5.74, 6) is -0.302. The van der Waals surface area contributed by atoms with E-state index in [2.05, 4.69) is 4.74 Å². The summed E-state index contributed by atoms with van der Waals surface area (Å²) in [5, 5.41) is 9.12. The number of aryl methyl sites for hydroxylation is 1. The molecular formula is C28H29F3O6. The van der Waals surface area contributed by atoms with Gasteiger partial charge in [-0.3, -0.25) is 4.79 Å². The zero-order chi connectivity index (χ0) is 27.0. The van der Waals surface area contributed by atoms with Gasteiger partial charge in [-0.05, 0) is 67.8 Å². The van der Waals surface area contributed by atoms with E-state index in [0.29, 0.717) is 30.9 Å². The van der Waals surface area contributed by atoms with Crippen molar-refractivity contribution in [1.29, 1.82) is 0 Å². The second kappa shape index (κ2) is 12.4. The van der Waals surface area contributed by atoms with Crippen LogP contribution in [0.25, 0.3) is 0 Å². The van der Waals surface area contributed by atoms with Gasteiger partial charge in [0.15, 0.2) is 11.5 Å². The van der Waals surface area contributed by atoms with Crippen LogP contribution in [0.15, 0.2) is 66.7 Å². The van der Waals surface area contributed by atoms with Gasteiger partial charge in [0.2, 0.25) is 0 Å². The van der Waals surface area contributed by atoms with E-state index < -0.39 is 24.0 Å². The molecule has 2 atom stereocenters. The highest BCUT2D eigenvalue weighted by molar-refractivity contribution is 5.70. The molecule has 3 aromatic carbocycles. The molecule has 3 rings (SSSR count). The second-order valence-electron chi connectivity index (χ2n) is 8.67. The van der Waals surface area contributed by atoms with E-state index in [9.17, 15) is 18.0 Å². The van der Waals surface area contributed by atoms with Crippen molar-refractivity contribution in [3.05, 3.63) is 77.9 Å². The van der Waals surface area contributed by atoms with Gasteiger partial charge in [-0.1, -0.05) is 31.2 Å². The first kappa shape index (κ1) is 27.7. The number of hydrogen-bond donors (Lipinski definition) is 1. The van der Waals surface area contributed by atoms with Gasteiger partial charge in [0.1, 0.15) is 17.2 Å². The fraction of sp³-hybridized carbons (Fsp3) is 0.321. The standard InChI is InChI=1S/C28H29F3O6/c1-18-16-23(10-9-21(18)15-19(2)27(32)33)34-14-13-20(3)35-25-12-11-24(37-28(29,30)31)17-26(25)36-22-7-5-4-6-8-22/h4-12,16-17,19-20H,13-15H2,1-3H3,(H,32,33). The maximum absolute atomic E-state index is 12.7. The molecule has 0 aliphatic carbocycles. The Hall–Kier alpha value is -3.88. The van der Waals surface area contributed by atoms with E-state index in [1.54, 1.807) is 43.3 Å². The van der Waals surface area contributed by atoms with Crippen molar-refractivity contribution < 1.29 is 42.0 Å². The molecule has 0 saturated carbocycles. The van der Waals surface area contributed by atoms with Gasteiger partial charge in [-0.15, -0.1) is 13.2 Å². The molecule has 6 nitrogen and oxygen atoms in total. The highest BCUT2D eigenvalue weighted by Crippen LogP contribution is 2.37. The number of benzene rings is 3. The van der Waals surface area contributed by atoms with Gasteiger partial charge < -0.3 is 24.1 Å². The molecule has 2 unspecified atom stereocenters. The summed E-state index contributed by atoms with van der Waals surface area (Å²) in [6.07, 6.45) is -4.25. The van der Waals surface area contributed by atoms with Crippen LogP contribution in [0.2, 0.25) is 0 Å². The highest BCUT2D eigenvalue weighted by Gasteiger charge is 2.31. The smallest absolute Gasteiger partial charge is 0.493 e. The third-order valence-corrected chi connectivity index (χ3v) is 5.50. The minimum Gasteiger partial charge on any atom is -0.493 e. The number of rotatable bonds is 12. The van der Waals surface area contributed by atoms with Crippen molar-refractivity contribution in [2.45, 2.75) is 46.1 Å². The van der Waals surface area contributed by atoms with Gasteiger partial charge >= 0.3 is 12.3 Å². The van der Waals surface area contributed by atoms with Gasteiger partial charge in [-0.25, -0.2) is 0 Å². The average Bonchev–Trinajstić information content (AvgIpc) is 2.82. The van der Waals surface area contributed by atoms with E-state index >= 15 is 0 Å². The van der Waals surface area contributed by atoms with Crippen molar-refractivity contribution >= 4 is 5.97 Å². The first-order valence-corrected chi connectivity index (χ1v) is 11.7. The molecule has 0 fully saturated rings. The number of para-hydroxylation sites is 1. The third-order valence-electron chi connectivity index (χ3n) is 5.50. The van der Waals surface area contributed by atoms with Gasteiger partial charge in [0.25, 0.3) is 0 Å². The molecular weight excluding hydrogens is 489 g/mol. The van der Waals surface area contributed by atoms with Crippen LogP contribution in [-0.4, -0.2) is 30.1 Å². The van der Waals surface area contributed by atoms with E-state index in [1.165, 1.54) is 12.1 Å². The SMILES string of the molecule is Cc1cc(OCCC(C)Oc2ccc(OC(F)(F)F)cc2Oc2ccccc2)ccc1CC(C)C(=O)O. The van der Waals surface area contributed by atoms with E-state index in [1.807, 2.05) is 26.0 Å². The van der Waals surface area contributed by atoms with Crippen LogP contribution in [0.5, 0.6) is 28.7 Å². The Morgan fingerprint density at radius 1 is 0.919 bits per heavy atom. The number of aliphatic carboxylic acids is 1. The Labute approximate surface area is 213 Å². The Kier molecular flexibility index (Phi) is 9.27. The minimum absolute atomic E-state index is 0.0857. The predicted molar refractivity (Wildman–Crippen MR) is 132 cm³/mol. The Balaban J connectivity index is 1.61. The predicted octanol–water partition coefficient (Wildman–Crippen LogP) is 7.19. The first-order chi connectivity index (χ1) is 17.5. The van der Waals surface area contributed by atoms with Crippen LogP contribution in [0, 0.1) is 12.8 Å². The van der Waals surface area contributed by atoms with E-state index in [4.69, 9.17) is 19.3 Å². The van der Waals surface area contributed by atoms with Crippen molar-refractivity contribution in [1.82, 2.24) is 0 Å². The Bertz CT molecular complexity index is 1180. The molecule has 1 N–H and O–H groups in total. The van der Waals surface area contributed by atoms with Crippen LogP contribution in [0.1, 0.15) is 31.4 Å². The van der Waals surface area contributed by atoms with Crippen molar-refractivity contribution in [2.75, 3.05) is 6.61 Å². The molecule has 0 aromatic heterocycles. The maximum Gasteiger partial charge on any atom is 0.573 e. The molecule has 0 heterocycles. The molecule has 37 heavy (non-hydrogen) atoms. The largest absolute Gasteiger partial charge is 0.573 e. The maximum atomic E-state index is 12.7. The van der Waals surface area contributed by atoms with Gasteiger partial charge in [0, 0.05) is 12.5 Å². The van der Waals surface area contributed by atoms with E-state index in [-0.39, 0.29) is 17.6 Å². The Morgan fingerprint density at radius 3 is 2.27 bits per heavy atom. The van der Waals surface area contributed by atoms with Crippen LogP contribution in [-0.2, 0) is 11.2 Å². The van der Waals surface area contributed by atoms with Gasteiger partial charge in [-0.2, -0.15) is 0 Å². The lowest BCUT2D eigenvalue weighted by Gasteiger charge is -2.19. The monoisotopic (exact) mass is 518 g/mol. The average molecular weight is 519 g/mol. The number of carboxylic acid groups (broad SMARTS) is 1. The summed E-state index contributed by atoms with van der Waals surface area (Å²) in [4.78, 5) is 11.1. The van der Waals surface area contributed by atoms with Crippen LogP contribution in [0.3, 0.4) is 0 Å². The Morgan fingerprint density at radius 2 is 1.62 bits per heavy atom. The summed E-state index contributed by atoms with van der Waals surface area (Å²) in [6, 6.07) is 17.8.